The summed E-state index contributed by atoms with van der Waals surface area (Å²) in [7, 11) is 0. The van der Waals surface area contributed by atoms with Crippen LogP contribution in [0, 0.1) is 0 Å². The van der Waals surface area contributed by atoms with Gasteiger partial charge in [0.1, 0.15) is 0 Å². The Morgan fingerprint density at radius 2 is 2.04 bits per heavy atom. The molecule has 0 aromatic heterocycles. The van der Waals surface area contributed by atoms with Crippen molar-refractivity contribution in [3.63, 3.8) is 0 Å². The summed E-state index contributed by atoms with van der Waals surface area (Å²) in [6.45, 7) is 0.446. The number of fused-ring (bicyclic) bond motifs is 2. The molecule has 0 saturated heterocycles. The molecule has 1 aromatic carbocycles. The van der Waals surface area contributed by atoms with E-state index in [4.69, 9.17) is 0 Å². The van der Waals surface area contributed by atoms with Crippen LogP contribution in [0.1, 0.15) is 41.6 Å². The molecule has 1 aromatic rings. The smallest absolute Gasteiger partial charge is 0.254 e. The summed E-state index contributed by atoms with van der Waals surface area (Å²) in [6.07, 6.45) is 1.37. The molecule has 2 aliphatic carbocycles. The Labute approximate surface area is 146 Å². The van der Waals surface area contributed by atoms with E-state index in [1.54, 1.807) is 11.0 Å². The van der Waals surface area contributed by atoms with E-state index in [2.05, 4.69) is 21.2 Å². The highest BCUT2D eigenvalue weighted by Crippen LogP contribution is 2.52. The van der Waals surface area contributed by atoms with Crippen molar-refractivity contribution in [3.8, 4) is 0 Å². The van der Waals surface area contributed by atoms with Crippen LogP contribution in [-0.2, 0) is 10.2 Å². The first kappa shape index (κ1) is 16.0. The van der Waals surface area contributed by atoms with Crippen LogP contribution in [0.2, 0.25) is 0 Å². The fraction of sp³-hybridized carbons (Fsp3) is 0.529. The molecular formula is C17H17BrF2N2O2. The van der Waals surface area contributed by atoms with Crippen molar-refractivity contribution >= 4 is 27.7 Å². The maximum Gasteiger partial charge on any atom is 0.254 e. The number of benzene rings is 1. The second kappa shape index (κ2) is 5.25. The molecule has 4 nitrogen and oxygen atoms in total. The van der Waals surface area contributed by atoms with E-state index in [9.17, 15) is 18.4 Å². The van der Waals surface area contributed by atoms with Crippen LogP contribution in [0.25, 0.3) is 0 Å². The molecule has 2 amide bonds. The van der Waals surface area contributed by atoms with Gasteiger partial charge in [-0.05, 0) is 36.6 Å². The van der Waals surface area contributed by atoms with Gasteiger partial charge in [-0.3, -0.25) is 9.59 Å². The van der Waals surface area contributed by atoms with Gasteiger partial charge in [0.15, 0.2) is 0 Å². The zero-order valence-corrected chi connectivity index (χ0v) is 14.5. The predicted octanol–water partition coefficient (Wildman–Crippen LogP) is 2.85. The average Bonchev–Trinajstić information content (AvgIpc) is 3.23. The molecule has 24 heavy (non-hydrogen) atoms. The summed E-state index contributed by atoms with van der Waals surface area (Å²) in [6, 6.07) is 5.13. The van der Waals surface area contributed by atoms with Gasteiger partial charge in [-0.1, -0.05) is 15.9 Å². The first-order valence-corrected chi connectivity index (χ1v) is 8.84. The lowest BCUT2D eigenvalue weighted by molar-refractivity contribution is -0.129. The third kappa shape index (κ3) is 2.72. The number of hydrogen-bond acceptors (Lipinski definition) is 2. The quantitative estimate of drug-likeness (QED) is 0.850. The normalized spacial score (nSPS) is 23.6. The molecular weight excluding hydrogens is 382 g/mol. The number of nitrogens with one attached hydrogen (secondary N) is 1. The summed E-state index contributed by atoms with van der Waals surface area (Å²) in [5.74, 6) is -3.19. The highest BCUT2D eigenvalue weighted by atomic mass is 79.9. The molecule has 1 N–H and O–H groups in total. The second-order valence-corrected chi connectivity index (χ2v) is 8.08. The van der Waals surface area contributed by atoms with Crippen molar-refractivity contribution in [2.24, 2.45) is 0 Å². The molecule has 1 aliphatic heterocycles. The lowest BCUT2D eigenvalue weighted by atomic mass is 9.86. The van der Waals surface area contributed by atoms with Gasteiger partial charge in [-0.15, -0.1) is 0 Å². The van der Waals surface area contributed by atoms with Crippen molar-refractivity contribution in [1.82, 2.24) is 10.2 Å². The fourth-order valence-corrected chi connectivity index (χ4v) is 4.11. The molecule has 4 rings (SSSR count). The topological polar surface area (TPSA) is 49.4 Å². The first-order chi connectivity index (χ1) is 11.3. The Morgan fingerprint density at radius 3 is 2.67 bits per heavy atom. The number of carbonyl (C=O) groups excluding carboxylic acids is 2. The number of hydrogen-bond donors (Lipinski definition) is 1. The van der Waals surface area contributed by atoms with E-state index in [0.29, 0.717) is 12.1 Å². The maximum atomic E-state index is 12.8. The van der Waals surface area contributed by atoms with E-state index in [-0.39, 0.29) is 36.6 Å². The summed E-state index contributed by atoms with van der Waals surface area (Å²) in [4.78, 5) is 26.3. The van der Waals surface area contributed by atoms with Crippen molar-refractivity contribution in [3.05, 3.63) is 33.8 Å². The van der Waals surface area contributed by atoms with Gasteiger partial charge in [-0.2, -0.15) is 0 Å². The third-order valence-electron chi connectivity index (χ3n) is 5.21. The van der Waals surface area contributed by atoms with Crippen LogP contribution in [0.4, 0.5) is 8.78 Å². The molecule has 3 aliphatic rings. The van der Waals surface area contributed by atoms with Crippen LogP contribution in [-0.4, -0.2) is 41.8 Å². The summed E-state index contributed by atoms with van der Waals surface area (Å²) in [5, 5.41) is 2.60. The van der Waals surface area contributed by atoms with Gasteiger partial charge in [0.05, 0.1) is 6.54 Å². The average molecular weight is 399 g/mol. The highest BCUT2D eigenvalue weighted by Gasteiger charge is 2.52. The minimum Gasteiger partial charge on any atom is -0.351 e. The monoisotopic (exact) mass is 398 g/mol. The lowest BCUT2D eigenvalue weighted by Crippen LogP contribution is -2.54. The highest BCUT2D eigenvalue weighted by molar-refractivity contribution is 9.10. The Hall–Kier alpha value is -1.50. The van der Waals surface area contributed by atoms with Crippen LogP contribution < -0.4 is 5.32 Å². The number of nitrogens with zero attached hydrogens (tertiary/aromatic N) is 1. The first-order valence-electron chi connectivity index (χ1n) is 8.05. The van der Waals surface area contributed by atoms with Crippen LogP contribution >= 0.6 is 15.9 Å². The maximum absolute atomic E-state index is 12.8. The minimum absolute atomic E-state index is 0.0448. The molecule has 0 unspecified atom stereocenters. The number of alkyl halides is 2. The predicted molar refractivity (Wildman–Crippen MR) is 87.1 cm³/mol. The Balaban J connectivity index is 1.46. The van der Waals surface area contributed by atoms with Gasteiger partial charge >= 0.3 is 0 Å². The summed E-state index contributed by atoms with van der Waals surface area (Å²) < 4.78 is 26.6. The van der Waals surface area contributed by atoms with E-state index in [1.807, 2.05) is 12.1 Å². The summed E-state index contributed by atoms with van der Waals surface area (Å²) in [5.41, 5.74) is 1.65. The van der Waals surface area contributed by atoms with E-state index >= 15 is 0 Å². The van der Waals surface area contributed by atoms with E-state index < -0.39 is 12.0 Å². The van der Waals surface area contributed by atoms with Crippen LogP contribution in [0.5, 0.6) is 0 Å². The molecule has 0 radical (unpaired) electrons. The van der Waals surface area contributed by atoms with Crippen molar-refractivity contribution in [1.29, 1.82) is 0 Å². The van der Waals surface area contributed by atoms with Gasteiger partial charge in [0.2, 0.25) is 5.91 Å². The molecule has 2 saturated carbocycles. The van der Waals surface area contributed by atoms with Crippen LogP contribution in [0.15, 0.2) is 22.7 Å². The summed E-state index contributed by atoms with van der Waals surface area (Å²) >= 11 is 3.45. The van der Waals surface area contributed by atoms with Crippen molar-refractivity contribution < 1.29 is 18.4 Å². The van der Waals surface area contributed by atoms with Crippen molar-refractivity contribution in [2.75, 3.05) is 13.1 Å². The molecule has 0 bridgehead atoms. The lowest BCUT2D eigenvalue weighted by Gasteiger charge is -2.37. The number of rotatable bonds is 3. The number of carbonyl (C=O) groups is 2. The second-order valence-electron chi connectivity index (χ2n) is 7.16. The van der Waals surface area contributed by atoms with E-state index in [1.165, 1.54) is 0 Å². The SMILES string of the molecule is O=C(CN1CC2(CC2)c2cc(Br)ccc2C1=O)NC1CC(F)(F)C1. The van der Waals surface area contributed by atoms with Gasteiger partial charge in [-0.25, -0.2) is 8.78 Å². The fourth-order valence-electron chi connectivity index (χ4n) is 3.75. The molecule has 128 valence electrons. The molecule has 0 atom stereocenters. The third-order valence-corrected chi connectivity index (χ3v) is 5.70. The molecule has 2 fully saturated rings. The molecule has 7 heteroatoms. The largest absolute Gasteiger partial charge is 0.351 e. The number of amides is 2. The molecule has 1 heterocycles. The van der Waals surface area contributed by atoms with Crippen LogP contribution in [0.3, 0.4) is 0 Å². The van der Waals surface area contributed by atoms with Gasteiger partial charge in [0.25, 0.3) is 11.8 Å². The zero-order valence-electron chi connectivity index (χ0n) is 12.9. The van der Waals surface area contributed by atoms with E-state index in [0.717, 1.165) is 22.9 Å². The van der Waals surface area contributed by atoms with Gasteiger partial charge < -0.3 is 10.2 Å². The Morgan fingerprint density at radius 1 is 1.33 bits per heavy atom. The van der Waals surface area contributed by atoms with Crippen molar-refractivity contribution in [2.45, 2.75) is 43.1 Å². The standard InChI is InChI=1S/C17H17BrF2N2O2/c18-10-1-2-12-13(5-10)16(3-4-16)9-22(15(12)24)8-14(23)21-11-6-17(19,20)7-11/h1-2,5,11H,3-4,6-9H2,(H,21,23). The Bertz CT molecular complexity index is 725. The van der Waals surface area contributed by atoms with Gasteiger partial charge in [0, 0.05) is 40.9 Å². The zero-order chi connectivity index (χ0) is 17.1. The number of halogens is 3. The minimum atomic E-state index is -2.66. The molecule has 1 spiro atoms. The Kier molecular flexibility index (Phi) is 3.50.